The summed E-state index contributed by atoms with van der Waals surface area (Å²) >= 11 is 0. The fourth-order valence-electron chi connectivity index (χ4n) is 2.78. The van der Waals surface area contributed by atoms with Gasteiger partial charge in [-0.3, -0.25) is 9.79 Å². The van der Waals surface area contributed by atoms with Crippen LogP contribution in [0.5, 0.6) is 0 Å². The molecule has 3 aromatic rings. The third-order valence-corrected chi connectivity index (χ3v) is 4.26. The van der Waals surface area contributed by atoms with E-state index in [0.717, 1.165) is 5.56 Å². The smallest absolute Gasteiger partial charge is 0.291 e. The van der Waals surface area contributed by atoms with Gasteiger partial charge in [-0.25, -0.2) is 4.39 Å². The van der Waals surface area contributed by atoms with E-state index >= 15 is 0 Å². The zero-order valence-electron chi connectivity index (χ0n) is 16.5. The normalized spacial score (nSPS) is 10.8. The molecule has 0 unspecified atom stereocenters. The summed E-state index contributed by atoms with van der Waals surface area (Å²) in [6.45, 7) is 1.07. The number of carbonyl (C=O) groups is 1. The quantitative estimate of drug-likeness (QED) is 0.247. The van der Waals surface area contributed by atoms with Crippen molar-refractivity contribution in [3.05, 3.63) is 89.6 Å². The Balaban J connectivity index is 0.00000320. The van der Waals surface area contributed by atoms with Crippen molar-refractivity contribution in [1.82, 2.24) is 10.6 Å². The minimum Gasteiger partial charge on any atom is -0.459 e. The van der Waals surface area contributed by atoms with Gasteiger partial charge in [-0.1, -0.05) is 30.3 Å². The van der Waals surface area contributed by atoms with Gasteiger partial charge in [-0.05, 0) is 47.9 Å². The van der Waals surface area contributed by atoms with Crippen molar-refractivity contribution in [2.75, 3.05) is 18.9 Å². The summed E-state index contributed by atoms with van der Waals surface area (Å²) < 4.78 is 18.8. The van der Waals surface area contributed by atoms with E-state index in [1.165, 1.54) is 12.3 Å². The van der Waals surface area contributed by atoms with E-state index in [-0.39, 0.29) is 41.5 Å². The average molecular weight is 522 g/mol. The molecule has 0 bridgehead atoms. The third-order valence-electron chi connectivity index (χ3n) is 4.26. The number of hydrogen-bond donors (Lipinski definition) is 3. The molecule has 1 amide bonds. The lowest BCUT2D eigenvalue weighted by atomic mass is 10.1. The van der Waals surface area contributed by atoms with Crippen LogP contribution in [0.3, 0.4) is 0 Å². The Morgan fingerprint density at radius 1 is 1.07 bits per heavy atom. The van der Waals surface area contributed by atoms with Crippen molar-refractivity contribution in [2.45, 2.75) is 13.0 Å². The molecule has 0 aliphatic rings. The lowest BCUT2D eigenvalue weighted by molar-refractivity contribution is 0.0996. The van der Waals surface area contributed by atoms with Gasteiger partial charge in [0.1, 0.15) is 5.82 Å². The molecule has 6 nitrogen and oxygen atoms in total. The van der Waals surface area contributed by atoms with E-state index in [2.05, 4.69) is 20.9 Å². The Labute approximate surface area is 192 Å². The lowest BCUT2D eigenvalue weighted by Crippen LogP contribution is -2.37. The summed E-state index contributed by atoms with van der Waals surface area (Å²) in [4.78, 5) is 16.3. The molecule has 0 aliphatic carbocycles. The van der Waals surface area contributed by atoms with Gasteiger partial charge in [0, 0.05) is 25.8 Å². The predicted molar refractivity (Wildman–Crippen MR) is 127 cm³/mol. The second kappa shape index (κ2) is 12.0. The van der Waals surface area contributed by atoms with Crippen molar-refractivity contribution < 1.29 is 13.6 Å². The first-order valence-corrected chi connectivity index (χ1v) is 9.27. The summed E-state index contributed by atoms with van der Waals surface area (Å²) in [6, 6.07) is 17.5. The van der Waals surface area contributed by atoms with Crippen molar-refractivity contribution in [1.29, 1.82) is 0 Å². The van der Waals surface area contributed by atoms with Crippen molar-refractivity contribution in [2.24, 2.45) is 4.99 Å². The molecule has 0 saturated heterocycles. The Morgan fingerprint density at radius 2 is 1.90 bits per heavy atom. The van der Waals surface area contributed by atoms with Gasteiger partial charge in [0.05, 0.1) is 6.26 Å². The number of amides is 1. The molecule has 2 aromatic carbocycles. The molecule has 1 aromatic heterocycles. The van der Waals surface area contributed by atoms with Crippen molar-refractivity contribution in [3.8, 4) is 0 Å². The number of furan rings is 1. The van der Waals surface area contributed by atoms with E-state index in [1.54, 1.807) is 31.3 Å². The van der Waals surface area contributed by atoms with Gasteiger partial charge in [0.25, 0.3) is 5.91 Å². The zero-order chi connectivity index (χ0) is 20.5. The number of nitrogens with one attached hydrogen (secondary N) is 3. The van der Waals surface area contributed by atoms with Crippen LogP contribution in [0.25, 0.3) is 0 Å². The second-order valence-electron chi connectivity index (χ2n) is 6.33. The van der Waals surface area contributed by atoms with Gasteiger partial charge in [0.15, 0.2) is 11.7 Å². The van der Waals surface area contributed by atoms with E-state index in [1.807, 2.05) is 30.3 Å². The Bertz CT molecular complexity index is 977. The molecule has 0 spiro atoms. The van der Waals surface area contributed by atoms with Crippen LogP contribution >= 0.6 is 24.0 Å². The topological polar surface area (TPSA) is 78.7 Å². The fraction of sp³-hybridized carbons (Fsp3) is 0.182. The first-order valence-electron chi connectivity index (χ1n) is 9.27. The standard InChI is InChI=1S/C22H23FN4O2.HI/c1-24-22(25-12-11-17-7-2-3-9-19(17)23)26-15-16-6-4-8-18(14-16)27-21(28)20-10-5-13-29-20;/h2-10,13-14H,11-12,15H2,1H3,(H,27,28)(H2,24,25,26);1H. The number of carbonyl (C=O) groups excluding carboxylic acids is 1. The van der Waals surface area contributed by atoms with Crippen LogP contribution in [0.4, 0.5) is 10.1 Å². The van der Waals surface area contributed by atoms with E-state index in [9.17, 15) is 9.18 Å². The SMILES string of the molecule is CN=C(NCCc1ccccc1F)NCc1cccc(NC(=O)c2ccco2)c1.I. The number of rotatable bonds is 7. The molecule has 0 aliphatic heterocycles. The average Bonchev–Trinajstić information content (AvgIpc) is 3.27. The first-order chi connectivity index (χ1) is 14.2. The number of aliphatic imine (C=N–C) groups is 1. The number of benzene rings is 2. The molecule has 0 atom stereocenters. The highest BCUT2D eigenvalue weighted by atomic mass is 127. The van der Waals surface area contributed by atoms with Crippen LogP contribution in [-0.2, 0) is 13.0 Å². The number of anilines is 1. The number of guanidine groups is 1. The van der Waals surface area contributed by atoms with Crippen LogP contribution in [-0.4, -0.2) is 25.5 Å². The van der Waals surface area contributed by atoms with Gasteiger partial charge in [-0.15, -0.1) is 24.0 Å². The maximum Gasteiger partial charge on any atom is 0.291 e. The molecular weight excluding hydrogens is 498 g/mol. The van der Waals surface area contributed by atoms with Crippen LogP contribution in [0.1, 0.15) is 21.7 Å². The molecule has 8 heteroatoms. The van der Waals surface area contributed by atoms with Gasteiger partial charge < -0.3 is 20.4 Å². The maximum absolute atomic E-state index is 13.7. The van der Waals surface area contributed by atoms with E-state index < -0.39 is 0 Å². The molecule has 3 rings (SSSR count). The zero-order valence-corrected chi connectivity index (χ0v) is 18.9. The minimum absolute atomic E-state index is 0. The van der Waals surface area contributed by atoms with Crippen LogP contribution in [0, 0.1) is 5.82 Å². The van der Waals surface area contributed by atoms with E-state index in [0.29, 0.717) is 36.7 Å². The van der Waals surface area contributed by atoms with E-state index in [4.69, 9.17) is 4.42 Å². The molecular formula is C22H24FIN4O2. The molecule has 0 fully saturated rings. The number of halogens is 2. The van der Waals surface area contributed by atoms with Gasteiger partial charge in [-0.2, -0.15) is 0 Å². The molecule has 3 N–H and O–H groups in total. The van der Waals surface area contributed by atoms with Crippen molar-refractivity contribution in [3.63, 3.8) is 0 Å². The van der Waals surface area contributed by atoms with Crippen LogP contribution in [0.2, 0.25) is 0 Å². The highest BCUT2D eigenvalue weighted by Crippen LogP contribution is 2.13. The summed E-state index contributed by atoms with van der Waals surface area (Å²) in [5.41, 5.74) is 2.31. The Kier molecular flexibility index (Phi) is 9.33. The monoisotopic (exact) mass is 522 g/mol. The molecule has 0 radical (unpaired) electrons. The second-order valence-corrected chi connectivity index (χ2v) is 6.33. The van der Waals surface area contributed by atoms with Gasteiger partial charge >= 0.3 is 0 Å². The van der Waals surface area contributed by atoms with Gasteiger partial charge in [0.2, 0.25) is 0 Å². The summed E-state index contributed by atoms with van der Waals surface area (Å²) in [7, 11) is 1.68. The van der Waals surface area contributed by atoms with Crippen molar-refractivity contribution >= 4 is 41.5 Å². The van der Waals surface area contributed by atoms with Crippen LogP contribution < -0.4 is 16.0 Å². The van der Waals surface area contributed by atoms with Crippen LogP contribution in [0.15, 0.2) is 76.3 Å². The molecule has 1 heterocycles. The Hall–Kier alpha value is -2.88. The maximum atomic E-state index is 13.7. The number of hydrogen-bond acceptors (Lipinski definition) is 3. The highest BCUT2D eigenvalue weighted by Gasteiger charge is 2.09. The molecule has 30 heavy (non-hydrogen) atoms. The predicted octanol–water partition coefficient (Wildman–Crippen LogP) is 4.20. The Morgan fingerprint density at radius 3 is 2.63 bits per heavy atom. The minimum atomic E-state index is -0.300. The summed E-state index contributed by atoms with van der Waals surface area (Å²) in [6.07, 6.45) is 2.02. The number of nitrogens with zero attached hydrogens (tertiary/aromatic N) is 1. The highest BCUT2D eigenvalue weighted by molar-refractivity contribution is 14.0. The first kappa shape index (κ1) is 23.4. The third kappa shape index (κ3) is 6.87. The lowest BCUT2D eigenvalue weighted by Gasteiger charge is -2.13. The summed E-state index contributed by atoms with van der Waals surface area (Å²) in [5, 5.41) is 9.18. The fourth-order valence-corrected chi connectivity index (χ4v) is 2.78. The summed E-state index contributed by atoms with van der Waals surface area (Å²) in [5.74, 6) is 0.371. The molecule has 158 valence electrons. The largest absolute Gasteiger partial charge is 0.459 e. The molecule has 0 saturated carbocycles.